The number of carbonyl (C=O) groups excluding carboxylic acids is 1. The molecule has 0 aromatic heterocycles. The number of benzene rings is 1. The van der Waals surface area contributed by atoms with Crippen molar-refractivity contribution in [3.63, 3.8) is 0 Å². The van der Waals surface area contributed by atoms with Crippen molar-refractivity contribution in [3.05, 3.63) is 29.8 Å². The Hall–Kier alpha value is -1.26. The third-order valence-electron chi connectivity index (χ3n) is 2.92. The third kappa shape index (κ3) is 7.36. The SMILES string of the molecule is CCCCC(CN)NC(=O)COc1cccc(C)c1.Cl. The lowest BCUT2D eigenvalue weighted by molar-refractivity contribution is -0.123. The van der Waals surface area contributed by atoms with E-state index in [4.69, 9.17) is 10.5 Å². The molecule has 3 N–H and O–H groups in total. The molecule has 0 aliphatic carbocycles. The van der Waals surface area contributed by atoms with Gasteiger partial charge in [0.15, 0.2) is 6.61 Å². The van der Waals surface area contributed by atoms with Crippen LogP contribution >= 0.6 is 12.4 Å². The van der Waals surface area contributed by atoms with Crippen LogP contribution < -0.4 is 15.8 Å². The Morgan fingerprint density at radius 1 is 1.45 bits per heavy atom. The second kappa shape index (κ2) is 10.5. The van der Waals surface area contributed by atoms with Gasteiger partial charge in [-0.25, -0.2) is 0 Å². The van der Waals surface area contributed by atoms with Gasteiger partial charge in [0.05, 0.1) is 0 Å². The topological polar surface area (TPSA) is 64.3 Å². The summed E-state index contributed by atoms with van der Waals surface area (Å²) < 4.78 is 5.45. The second-order valence-corrected chi connectivity index (χ2v) is 4.75. The quantitative estimate of drug-likeness (QED) is 0.775. The van der Waals surface area contributed by atoms with Gasteiger partial charge < -0.3 is 15.8 Å². The maximum atomic E-state index is 11.7. The molecule has 1 atom stereocenters. The Labute approximate surface area is 127 Å². The molecule has 1 unspecified atom stereocenters. The van der Waals surface area contributed by atoms with Gasteiger partial charge in [0.1, 0.15) is 5.75 Å². The van der Waals surface area contributed by atoms with Crippen molar-refractivity contribution in [2.45, 2.75) is 39.2 Å². The van der Waals surface area contributed by atoms with E-state index in [1.54, 1.807) is 0 Å². The zero-order chi connectivity index (χ0) is 14.1. The van der Waals surface area contributed by atoms with E-state index >= 15 is 0 Å². The number of amides is 1. The molecule has 1 rings (SSSR count). The number of hydrogen-bond donors (Lipinski definition) is 2. The van der Waals surface area contributed by atoms with Crippen molar-refractivity contribution in [1.82, 2.24) is 5.32 Å². The van der Waals surface area contributed by atoms with Gasteiger partial charge in [-0.05, 0) is 31.0 Å². The van der Waals surface area contributed by atoms with E-state index < -0.39 is 0 Å². The van der Waals surface area contributed by atoms with Gasteiger partial charge >= 0.3 is 0 Å². The van der Waals surface area contributed by atoms with Crippen molar-refractivity contribution in [3.8, 4) is 5.75 Å². The van der Waals surface area contributed by atoms with Crippen LogP contribution in [0, 0.1) is 6.92 Å². The number of unbranched alkanes of at least 4 members (excludes halogenated alkanes) is 1. The van der Waals surface area contributed by atoms with E-state index in [0.717, 1.165) is 24.8 Å². The van der Waals surface area contributed by atoms with Gasteiger partial charge in [0.2, 0.25) is 0 Å². The molecule has 0 spiro atoms. The van der Waals surface area contributed by atoms with E-state index in [9.17, 15) is 4.79 Å². The third-order valence-corrected chi connectivity index (χ3v) is 2.92. The van der Waals surface area contributed by atoms with Crippen LogP contribution in [0.1, 0.15) is 31.7 Å². The van der Waals surface area contributed by atoms with Crippen molar-refractivity contribution >= 4 is 18.3 Å². The molecule has 0 saturated heterocycles. The zero-order valence-corrected chi connectivity index (χ0v) is 13.0. The van der Waals surface area contributed by atoms with Gasteiger partial charge in [-0.1, -0.05) is 31.9 Å². The molecule has 1 amide bonds. The second-order valence-electron chi connectivity index (χ2n) is 4.75. The molecular formula is C15H25ClN2O2. The molecule has 0 saturated carbocycles. The Balaban J connectivity index is 0.00000361. The number of carbonyl (C=O) groups is 1. The van der Waals surface area contributed by atoms with Crippen LogP contribution in [0.4, 0.5) is 0 Å². The highest BCUT2D eigenvalue weighted by atomic mass is 35.5. The predicted octanol–water partition coefficient (Wildman–Crippen LogP) is 2.43. The maximum absolute atomic E-state index is 11.7. The molecule has 114 valence electrons. The van der Waals surface area contributed by atoms with Gasteiger partial charge in [-0.3, -0.25) is 4.79 Å². The number of nitrogens with two attached hydrogens (primary N) is 1. The molecule has 0 radical (unpaired) electrons. The van der Waals surface area contributed by atoms with E-state index in [-0.39, 0.29) is 31.0 Å². The number of ether oxygens (including phenoxy) is 1. The average Bonchev–Trinajstić information content (AvgIpc) is 2.41. The Morgan fingerprint density at radius 3 is 2.80 bits per heavy atom. The van der Waals surface area contributed by atoms with Crippen molar-refractivity contribution in [1.29, 1.82) is 0 Å². The monoisotopic (exact) mass is 300 g/mol. The summed E-state index contributed by atoms with van der Waals surface area (Å²) in [5.74, 6) is 0.598. The summed E-state index contributed by atoms with van der Waals surface area (Å²) in [5.41, 5.74) is 6.75. The fourth-order valence-corrected chi connectivity index (χ4v) is 1.82. The van der Waals surface area contributed by atoms with Crippen molar-refractivity contribution in [2.24, 2.45) is 5.73 Å². The molecule has 0 aliphatic rings. The summed E-state index contributed by atoms with van der Waals surface area (Å²) in [6.07, 6.45) is 3.09. The first-order chi connectivity index (χ1) is 9.15. The zero-order valence-electron chi connectivity index (χ0n) is 12.2. The van der Waals surface area contributed by atoms with Crippen LogP contribution in [0.2, 0.25) is 0 Å². The minimum Gasteiger partial charge on any atom is -0.484 e. The number of halogens is 1. The normalized spacial score (nSPS) is 11.3. The lowest BCUT2D eigenvalue weighted by Gasteiger charge is -2.16. The lowest BCUT2D eigenvalue weighted by Crippen LogP contribution is -2.42. The summed E-state index contributed by atoms with van der Waals surface area (Å²) >= 11 is 0. The van der Waals surface area contributed by atoms with Crippen LogP contribution in [0.3, 0.4) is 0 Å². The summed E-state index contributed by atoms with van der Waals surface area (Å²) in [6, 6.07) is 7.70. The maximum Gasteiger partial charge on any atom is 0.258 e. The summed E-state index contributed by atoms with van der Waals surface area (Å²) in [6.45, 7) is 4.61. The number of rotatable bonds is 8. The highest BCUT2D eigenvalue weighted by Gasteiger charge is 2.10. The first-order valence-corrected chi connectivity index (χ1v) is 6.84. The summed E-state index contributed by atoms with van der Waals surface area (Å²) in [5, 5.41) is 2.90. The fraction of sp³-hybridized carbons (Fsp3) is 0.533. The fourth-order valence-electron chi connectivity index (χ4n) is 1.82. The number of nitrogens with one attached hydrogen (secondary N) is 1. The molecule has 4 nitrogen and oxygen atoms in total. The minimum absolute atomic E-state index is 0. The molecule has 0 fully saturated rings. The van der Waals surface area contributed by atoms with Gasteiger partial charge in [-0.15, -0.1) is 12.4 Å². The van der Waals surface area contributed by atoms with E-state index in [1.807, 2.05) is 31.2 Å². The molecule has 0 heterocycles. The Kier molecular flexibility index (Phi) is 9.86. The van der Waals surface area contributed by atoms with Crippen LogP contribution in [0.15, 0.2) is 24.3 Å². The molecule has 1 aromatic carbocycles. The smallest absolute Gasteiger partial charge is 0.258 e. The van der Waals surface area contributed by atoms with Crippen molar-refractivity contribution < 1.29 is 9.53 Å². The van der Waals surface area contributed by atoms with E-state index in [0.29, 0.717) is 12.3 Å². The predicted molar refractivity (Wildman–Crippen MR) is 84.4 cm³/mol. The Bertz CT molecular complexity index is 399. The van der Waals surface area contributed by atoms with Crippen LogP contribution in [0.5, 0.6) is 5.75 Å². The molecule has 0 bridgehead atoms. The highest BCUT2D eigenvalue weighted by Crippen LogP contribution is 2.11. The van der Waals surface area contributed by atoms with Crippen LogP contribution in [-0.4, -0.2) is 25.1 Å². The van der Waals surface area contributed by atoms with Crippen molar-refractivity contribution in [2.75, 3.05) is 13.2 Å². The van der Waals surface area contributed by atoms with E-state index in [2.05, 4.69) is 12.2 Å². The van der Waals surface area contributed by atoms with Gasteiger partial charge in [-0.2, -0.15) is 0 Å². The van der Waals surface area contributed by atoms with Gasteiger partial charge in [0, 0.05) is 12.6 Å². The van der Waals surface area contributed by atoms with E-state index in [1.165, 1.54) is 0 Å². The molecule has 0 aliphatic heterocycles. The Morgan fingerprint density at radius 2 is 2.20 bits per heavy atom. The first kappa shape index (κ1) is 18.7. The van der Waals surface area contributed by atoms with Gasteiger partial charge in [0.25, 0.3) is 5.91 Å². The number of aryl methyl sites for hydroxylation is 1. The largest absolute Gasteiger partial charge is 0.484 e. The molecular weight excluding hydrogens is 276 g/mol. The standard InChI is InChI=1S/C15H24N2O2.ClH/c1-3-4-7-13(10-16)17-15(18)11-19-14-8-5-6-12(2)9-14;/h5-6,8-9,13H,3-4,7,10-11,16H2,1-2H3,(H,17,18);1H. The highest BCUT2D eigenvalue weighted by molar-refractivity contribution is 5.85. The van der Waals surface area contributed by atoms with Crippen LogP contribution in [-0.2, 0) is 4.79 Å². The summed E-state index contributed by atoms with van der Waals surface area (Å²) in [4.78, 5) is 11.7. The molecule has 20 heavy (non-hydrogen) atoms. The minimum atomic E-state index is -0.118. The average molecular weight is 301 g/mol. The number of hydrogen-bond acceptors (Lipinski definition) is 3. The lowest BCUT2D eigenvalue weighted by atomic mass is 10.1. The summed E-state index contributed by atoms with van der Waals surface area (Å²) in [7, 11) is 0. The first-order valence-electron chi connectivity index (χ1n) is 6.84. The molecule has 1 aromatic rings. The van der Waals surface area contributed by atoms with Crippen LogP contribution in [0.25, 0.3) is 0 Å². The molecule has 5 heteroatoms.